The predicted molar refractivity (Wildman–Crippen MR) is 325 cm³/mol. The number of allylic oxidation sites excluding steroid dienone is 10. The first-order chi connectivity index (χ1) is 37.0. The molecule has 0 aliphatic carbocycles. The van der Waals surface area contributed by atoms with Crippen LogP contribution in [0.25, 0.3) is 0 Å². The van der Waals surface area contributed by atoms with E-state index in [1.807, 2.05) is 0 Å². The Morgan fingerprint density at radius 2 is 0.520 bits per heavy atom. The summed E-state index contributed by atoms with van der Waals surface area (Å²) < 4.78 is 16.8. The van der Waals surface area contributed by atoms with Crippen LogP contribution in [0.2, 0.25) is 0 Å². The Bertz CT molecular complexity index is 1340. The van der Waals surface area contributed by atoms with Crippen LogP contribution in [0.15, 0.2) is 60.8 Å². The number of ether oxygens (including phenoxy) is 3. The maximum atomic E-state index is 12.8. The average molecular weight is 1050 g/mol. The van der Waals surface area contributed by atoms with E-state index in [1.54, 1.807) is 0 Å². The molecule has 0 fully saturated rings. The third kappa shape index (κ3) is 61.8. The van der Waals surface area contributed by atoms with Gasteiger partial charge >= 0.3 is 17.9 Å². The lowest BCUT2D eigenvalue weighted by Crippen LogP contribution is -2.30. The van der Waals surface area contributed by atoms with Crippen molar-refractivity contribution in [2.45, 2.75) is 348 Å². The second kappa shape index (κ2) is 63.6. The zero-order chi connectivity index (χ0) is 54.3. The summed E-state index contributed by atoms with van der Waals surface area (Å²) in [5.41, 5.74) is 0. The minimum atomic E-state index is -0.765. The highest BCUT2D eigenvalue weighted by atomic mass is 16.6. The Labute approximate surface area is 466 Å². The summed E-state index contributed by atoms with van der Waals surface area (Å²) in [5, 5.41) is 0. The molecule has 0 amide bonds. The molecule has 75 heavy (non-hydrogen) atoms. The number of unbranched alkanes of at least 4 members (excludes halogenated alkanes) is 39. The SMILES string of the molecule is CC/C=C\C/C=C\C/C=C\C/C=C\C/C=C\CCCCCCCCCCCCCCCCCCCCCC(=O)OCC(COC(=O)CCCCCCCC)OC(=O)CCCCCCCCCCCCCCCCCC. The summed E-state index contributed by atoms with van der Waals surface area (Å²) in [7, 11) is 0. The molecule has 0 aromatic rings. The van der Waals surface area contributed by atoms with Gasteiger partial charge in [0.1, 0.15) is 13.2 Å². The summed E-state index contributed by atoms with van der Waals surface area (Å²) in [6.45, 7) is 6.51. The molecule has 0 aromatic heterocycles. The minimum absolute atomic E-state index is 0.0673. The molecule has 0 aliphatic heterocycles. The van der Waals surface area contributed by atoms with E-state index < -0.39 is 6.10 Å². The normalized spacial score (nSPS) is 12.4. The molecule has 0 saturated heterocycles. The van der Waals surface area contributed by atoms with E-state index >= 15 is 0 Å². The lowest BCUT2D eigenvalue weighted by Gasteiger charge is -2.18. The van der Waals surface area contributed by atoms with Crippen molar-refractivity contribution >= 4 is 17.9 Å². The summed E-state index contributed by atoms with van der Waals surface area (Å²) >= 11 is 0. The van der Waals surface area contributed by atoms with Crippen LogP contribution in [0.5, 0.6) is 0 Å². The van der Waals surface area contributed by atoms with Crippen LogP contribution in [0, 0.1) is 0 Å². The summed E-state index contributed by atoms with van der Waals surface area (Å²) in [5.74, 6) is -0.857. The van der Waals surface area contributed by atoms with Crippen LogP contribution >= 0.6 is 0 Å². The average Bonchev–Trinajstić information content (AvgIpc) is 3.41. The molecule has 6 heteroatoms. The van der Waals surface area contributed by atoms with Gasteiger partial charge < -0.3 is 14.2 Å². The van der Waals surface area contributed by atoms with Gasteiger partial charge in [-0.1, -0.05) is 319 Å². The highest BCUT2D eigenvalue weighted by Crippen LogP contribution is 2.18. The molecule has 1 atom stereocenters. The minimum Gasteiger partial charge on any atom is -0.462 e. The van der Waals surface area contributed by atoms with Crippen LogP contribution in [0.4, 0.5) is 0 Å². The number of hydrogen-bond acceptors (Lipinski definition) is 6. The Balaban J connectivity index is 3.92. The van der Waals surface area contributed by atoms with E-state index in [9.17, 15) is 14.4 Å². The lowest BCUT2D eigenvalue weighted by molar-refractivity contribution is -0.167. The first kappa shape index (κ1) is 72.1. The molecule has 0 aliphatic rings. The van der Waals surface area contributed by atoms with Gasteiger partial charge in [-0.3, -0.25) is 14.4 Å². The van der Waals surface area contributed by atoms with E-state index in [0.29, 0.717) is 19.3 Å². The van der Waals surface area contributed by atoms with Crippen LogP contribution in [0.1, 0.15) is 342 Å². The van der Waals surface area contributed by atoms with Gasteiger partial charge in [0.15, 0.2) is 6.10 Å². The Morgan fingerprint density at radius 3 is 0.813 bits per heavy atom. The molecule has 0 N–H and O–H groups in total. The van der Waals surface area contributed by atoms with Crippen LogP contribution in [-0.4, -0.2) is 37.2 Å². The van der Waals surface area contributed by atoms with Crippen molar-refractivity contribution < 1.29 is 28.6 Å². The third-order valence-electron chi connectivity index (χ3n) is 14.5. The van der Waals surface area contributed by atoms with E-state index in [0.717, 1.165) is 89.9 Å². The van der Waals surface area contributed by atoms with Crippen molar-refractivity contribution in [1.29, 1.82) is 0 Å². The summed E-state index contributed by atoms with van der Waals surface area (Å²) in [6, 6.07) is 0. The number of hydrogen-bond donors (Lipinski definition) is 0. The first-order valence-corrected chi connectivity index (χ1v) is 32.8. The van der Waals surface area contributed by atoms with Crippen LogP contribution < -0.4 is 0 Å². The van der Waals surface area contributed by atoms with Crippen LogP contribution in [-0.2, 0) is 28.6 Å². The smallest absolute Gasteiger partial charge is 0.306 e. The zero-order valence-corrected chi connectivity index (χ0v) is 50.1. The van der Waals surface area contributed by atoms with Gasteiger partial charge in [0.25, 0.3) is 0 Å². The third-order valence-corrected chi connectivity index (χ3v) is 14.5. The molecule has 0 aromatic carbocycles. The van der Waals surface area contributed by atoms with Gasteiger partial charge in [-0.2, -0.15) is 0 Å². The highest BCUT2D eigenvalue weighted by Gasteiger charge is 2.19. The number of carbonyl (C=O) groups excluding carboxylic acids is 3. The summed E-state index contributed by atoms with van der Waals surface area (Å²) in [4.78, 5) is 38.0. The monoisotopic (exact) mass is 1050 g/mol. The maximum absolute atomic E-state index is 12.8. The van der Waals surface area contributed by atoms with Crippen molar-refractivity contribution in [3.63, 3.8) is 0 Å². The Hall–Kier alpha value is -2.89. The topological polar surface area (TPSA) is 78.9 Å². The van der Waals surface area contributed by atoms with Crippen molar-refractivity contribution in [1.82, 2.24) is 0 Å². The molecule has 6 nitrogen and oxygen atoms in total. The van der Waals surface area contributed by atoms with E-state index in [1.165, 1.54) is 212 Å². The van der Waals surface area contributed by atoms with E-state index in [-0.39, 0.29) is 31.1 Å². The van der Waals surface area contributed by atoms with Crippen molar-refractivity contribution in [3.05, 3.63) is 60.8 Å². The highest BCUT2D eigenvalue weighted by molar-refractivity contribution is 5.71. The van der Waals surface area contributed by atoms with E-state index in [4.69, 9.17) is 14.2 Å². The standard InChI is InChI=1S/C69H124O6/c1-4-7-10-13-16-18-20-22-24-26-27-28-29-30-31-32-33-34-35-36-37-38-39-40-41-42-43-44-46-47-49-51-53-56-59-62-68(71)74-65-66(64-73-67(70)61-58-55-15-12-9-6-3)75-69(72)63-60-57-54-52-50-48-45-25-23-21-19-17-14-11-8-5-2/h7,10,16,18,22,24,27-28,30-31,66H,4-6,8-9,11-15,17,19-21,23,25-26,29,32-65H2,1-3H3/b10-7-,18-16-,24-22-,28-27-,31-30-. The maximum Gasteiger partial charge on any atom is 0.306 e. The Kier molecular flexibility index (Phi) is 61.2. The largest absolute Gasteiger partial charge is 0.462 e. The van der Waals surface area contributed by atoms with Crippen LogP contribution in [0.3, 0.4) is 0 Å². The molecular weight excluding hydrogens is 925 g/mol. The fourth-order valence-corrected chi connectivity index (χ4v) is 9.65. The van der Waals surface area contributed by atoms with Gasteiger partial charge in [-0.15, -0.1) is 0 Å². The summed E-state index contributed by atoms with van der Waals surface area (Å²) in [6.07, 6.45) is 81.4. The van der Waals surface area contributed by atoms with Gasteiger partial charge in [0.2, 0.25) is 0 Å². The predicted octanol–water partition coefficient (Wildman–Crippen LogP) is 22.3. The lowest BCUT2D eigenvalue weighted by atomic mass is 10.0. The molecule has 0 heterocycles. The number of carbonyl (C=O) groups is 3. The molecular formula is C69H124O6. The zero-order valence-electron chi connectivity index (χ0n) is 50.1. The molecule has 0 spiro atoms. The second-order valence-electron chi connectivity index (χ2n) is 22.0. The molecule has 436 valence electrons. The fraction of sp³-hybridized carbons (Fsp3) is 0.812. The fourth-order valence-electron chi connectivity index (χ4n) is 9.65. The van der Waals surface area contributed by atoms with Gasteiger partial charge in [-0.25, -0.2) is 0 Å². The van der Waals surface area contributed by atoms with Gasteiger partial charge in [-0.05, 0) is 64.2 Å². The van der Waals surface area contributed by atoms with Crippen molar-refractivity contribution in [3.8, 4) is 0 Å². The molecule has 1 unspecified atom stereocenters. The number of esters is 3. The van der Waals surface area contributed by atoms with Crippen molar-refractivity contribution in [2.75, 3.05) is 13.2 Å². The molecule has 0 saturated carbocycles. The molecule has 0 bridgehead atoms. The molecule has 0 radical (unpaired) electrons. The van der Waals surface area contributed by atoms with Gasteiger partial charge in [0.05, 0.1) is 0 Å². The van der Waals surface area contributed by atoms with Crippen molar-refractivity contribution in [2.24, 2.45) is 0 Å². The molecule has 0 rings (SSSR count). The van der Waals surface area contributed by atoms with Gasteiger partial charge in [0, 0.05) is 19.3 Å². The quantitative estimate of drug-likeness (QED) is 0.0261. The van der Waals surface area contributed by atoms with E-state index in [2.05, 4.69) is 81.5 Å². The Morgan fingerprint density at radius 1 is 0.280 bits per heavy atom. The number of rotatable bonds is 60. The second-order valence-corrected chi connectivity index (χ2v) is 22.0. The first-order valence-electron chi connectivity index (χ1n) is 32.8.